The van der Waals surface area contributed by atoms with Crippen molar-refractivity contribution < 1.29 is 27.2 Å². The number of nitrogens with zero attached hydrogens (tertiary/aromatic N) is 14. The molecule has 0 aliphatic rings. The van der Waals surface area contributed by atoms with Crippen molar-refractivity contribution in [3.63, 3.8) is 0 Å². The van der Waals surface area contributed by atoms with Crippen molar-refractivity contribution in [1.29, 1.82) is 0 Å². The van der Waals surface area contributed by atoms with Gasteiger partial charge >= 0.3 is 17.1 Å². The molecule has 4 rings (SSSR count). The van der Waals surface area contributed by atoms with E-state index < -0.39 is 10.2 Å². The summed E-state index contributed by atoms with van der Waals surface area (Å²) in [7, 11) is 0. The second-order valence-corrected chi connectivity index (χ2v) is 4.84. The van der Waals surface area contributed by atoms with Crippen LogP contribution in [0.5, 0.6) is 0 Å². The van der Waals surface area contributed by atoms with Crippen LogP contribution in [0, 0.1) is 30.6 Å². The van der Waals surface area contributed by atoms with E-state index in [9.17, 15) is 0 Å². The van der Waals surface area contributed by atoms with Crippen molar-refractivity contribution in [1.82, 2.24) is 82.5 Å². The van der Waals surface area contributed by atoms with Crippen molar-refractivity contribution in [2.75, 3.05) is 0 Å². The molecule has 0 aromatic carbocycles. The van der Waals surface area contributed by atoms with Crippen LogP contribution in [0.4, 0.5) is 0 Å². The van der Waals surface area contributed by atoms with Crippen LogP contribution in [0.2, 0.25) is 0 Å². The Morgan fingerprint density at radius 1 is 0.515 bits per heavy atom. The normalized spacial score (nSPS) is 8.97. The van der Waals surface area contributed by atoms with E-state index in [4.69, 9.17) is 30.6 Å². The van der Waals surface area contributed by atoms with E-state index in [0.717, 1.165) is 23.3 Å². The SMILES string of the molecule is C(Cc1nnn[nH]1)c1nnn[nH]1.C(Cc1nnn[nH]1)c1nnn[nH]1.O=[N+]([O-])[O-].O=[N+]([O-])[O-].[Cu+2]. The van der Waals surface area contributed by atoms with Crippen molar-refractivity contribution in [3.05, 3.63) is 53.9 Å². The fraction of sp³-hybridized carbons (Fsp3) is 0.500. The van der Waals surface area contributed by atoms with Crippen LogP contribution in [-0.4, -0.2) is 92.7 Å². The summed E-state index contributed by atoms with van der Waals surface area (Å²) in [6, 6.07) is 0. The molecule has 0 fully saturated rings. The first-order valence-corrected chi connectivity index (χ1v) is 7.90. The Morgan fingerprint density at radius 2 is 0.697 bits per heavy atom. The molecule has 0 saturated carbocycles. The zero-order valence-corrected chi connectivity index (χ0v) is 16.8. The molecule has 0 saturated heterocycles. The first-order valence-electron chi connectivity index (χ1n) is 7.90. The summed E-state index contributed by atoms with van der Waals surface area (Å²) in [5.74, 6) is 2.91. The van der Waals surface area contributed by atoms with E-state index in [1.165, 1.54) is 0 Å². The van der Waals surface area contributed by atoms with Crippen molar-refractivity contribution in [2.24, 2.45) is 0 Å². The average Bonchev–Trinajstić information content (AvgIpc) is 3.54. The number of rotatable bonds is 6. The van der Waals surface area contributed by atoms with Gasteiger partial charge in [-0.1, -0.05) is 0 Å². The Labute approximate surface area is 190 Å². The van der Waals surface area contributed by atoms with Gasteiger partial charge in [0.2, 0.25) is 0 Å². The summed E-state index contributed by atoms with van der Waals surface area (Å²) in [6.45, 7) is 0. The van der Waals surface area contributed by atoms with E-state index >= 15 is 0 Å². The first-order chi connectivity index (χ1) is 15.4. The molecule has 25 heteroatoms. The smallest absolute Gasteiger partial charge is 0.356 e. The number of hydrogen-bond donors (Lipinski definition) is 4. The molecule has 0 amide bonds. The number of hydrogen-bond acceptors (Lipinski definition) is 18. The van der Waals surface area contributed by atoms with Crippen LogP contribution in [-0.2, 0) is 42.8 Å². The molecule has 4 heterocycles. The number of aryl methyl sites for hydroxylation is 4. The molecule has 0 spiro atoms. The number of H-pyrrole nitrogens is 4. The van der Waals surface area contributed by atoms with Crippen LogP contribution in [0.3, 0.4) is 0 Å². The number of aromatic nitrogens is 16. The maximum atomic E-state index is 8.25. The Bertz CT molecular complexity index is 803. The Kier molecular flexibility index (Phi) is 14.5. The van der Waals surface area contributed by atoms with Gasteiger partial charge in [0.15, 0.2) is 0 Å². The summed E-state index contributed by atoms with van der Waals surface area (Å²) in [5.41, 5.74) is 0. The van der Waals surface area contributed by atoms with Crippen molar-refractivity contribution in [2.45, 2.75) is 25.7 Å². The maximum Gasteiger partial charge on any atom is 2.00 e. The monoisotopic (exact) mass is 519 g/mol. The van der Waals surface area contributed by atoms with E-state index in [2.05, 4.69) is 82.5 Å². The average molecular weight is 520 g/mol. The summed E-state index contributed by atoms with van der Waals surface area (Å²) in [6.07, 6.45) is 2.79. The van der Waals surface area contributed by atoms with E-state index in [1.807, 2.05) is 0 Å². The van der Waals surface area contributed by atoms with Gasteiger partial charge in [0.1, 0.15) is 23.3 Å². The number of tetrazole rings is 4. The number of aromatic amines is 4. The van der Waals surface area contributed by atoms with Gasteiger partial charge in [-0.2, -0.15) is 0 Å². The minimum Gasteiger partial charge on any atom is -0.356 e. The fourth-order valence-corrected chi connectivity index (χ4v) is 1.61. The summed E-state index contributed by atoms with van der Waals surface area (Å²) < 4.78 is 0. The molecule has 0 aliphatic carbocycles. The third kappa shape index (κ3) is 15.7. The molecule has 0 bridgehead atoms. The van der Waals surface area contributed by atoms with Crippen molar-refractivity contribution in [3.8, 4) is 0 Å². The topological polar surface area (TPSA) is 350 Å². The second-order valence-electron chi connectivity index (χ2n) is 4.84. The quantitative estimate of drug-likeness (QED) is 0.109. The Balaban J connectivity index is 0.000000462. The van der Waals surface area contributed by atoms with Gasteiger partial charge in [-0.3, -0.25) is 0 Å². The molecule has 181 valence electrons. The molecule has 33 heavy (non-hydrogen) atoms. The van der Waals surface area contributed by atoms with Gasteiger partial charge in [0.25, 0.3) is 0 Å². The van der Waals surface area contributed by atoms with Crippen molar-refractivity contribution >= 4 is 0 Å². The molecule has 0 atom stereocenters. The Hall–Kier alpha value is -4.80. The third-order valence-electron chi connectivity index (χ3n) is 2.75. The maximum absolute atomic E-state index is 8.25. The minimum absolute atomic E-state index is 0. The molecule has 4 aromatic rings. The van der Waals surface area contributed by atoms with E-state index in [-0.39, 0.29) is 17.1 Å². The van der Waals surface area contributed by atoms with Gasteiger partial charge < -0.3 is 30.6 Å². The first kappa shape index (κ1) is 28.2. The van der Waals surface area contributed by atoms with Gasteiger partial charge in [0.05, 0.1) is 10.2 Å². The molecule has 4 N–H and O–H groups in total. The molecule has 0 unspecified atom stereocenters. The van der Waals surface area contributed by atoms with Crippen LogP contribution < -0.4 is 0 Å². The second kappa shape index (κ2) is 16.9. The van der Waals surface area contributed by atoms with Crippen LogP contribution in [0.25, 0.3) is 0 Å². The molecule has 4 aromatic heterocycles. The molecule has 24 nitrogen and oxygen atoms in total. The predicted octanol–water partition coefficient (Wildman–Crippen LogP) is -3.48. The Morgan fingerprint density at radius 3 is 0.818 bits per heavy atom. The fourth-order valence-electron chi connectivity index (χ4n) is 1.61. The standard InChI is InChI=1S/2C4H6N8.Cu.2NO3/c2*1(3-5-9-10-6-3)2-4-7-11-12-8-4;;2*2-1(3)4/h2*1-2H2,(H,5,6,9,10)(H,7,8,11,12);;;/q;;+2;2*-1. The molecule has 0 aliphatic heterocycles. The predicted molar refractivity (Wildman–Crippen MR) is 92.2 cm³/mol. The van der Waals surface area contributed by atoms with E-state index in [1.54, 1.807) is 0 Å². The zero-order chi connectivity index (χ0) is 23.6. The molecular weight excluding hydrogens is 508 g/mol. The van der Waals surface area contributed by atoms with Gasteiger partial charge in [-0.25, -0.2) is 20.4 Å². The summed E-state index contributed by atoms with van der Waals surface area (Å²) >= 11 is 0. The van der Waals surface area contributed by atoms with Crippen LogP contribution >= 0.6 is 0 Å². The molecular formula is C8H12CuN18O6. The van der Waals surface area contributed by atoms with Gasteiger partial charge in [0, 0.05) is 25.7 Å². The largest absolute Gasteiger partial charge is 2.00 e. The summed E-state index contributed by atoms with van der Waals surface area (Å²) in [4.78, 5) is 16.5. The van der Waals surface area contributed by atoms with Gasteiger partial charge in [-0.15, -0.1) is 20.4 Å². The summed E-state index contributed by atoms with van der Waals surface area (Å²) in [5, 5.41) is 82.5. The number of nitrogens with one attached hydrogen (secondary N) is 4. The van der Waals surface area contributed by atoms with Crippen LogP contribution in [0.1, 0.15) is 23.3 Å². The van der Waals surface area contributed by atoms with Gasteiger partial charge in [-0.05, 0) is 41.7 Å². The third-order valence-corrected chi connectivity index (χ3v) is 2.75. The minimum atomic E-state index is -1.75. The van der Waals surface area contributed by atoms with E-state index in [0.29, 0.717) is 25.7 Å². The zero-order valence-electron chi connectivity index (χ0n) is 15.8. The molecule has 1 radical (unpaired) electrons. The van der Waals surface area contributed by atoms with Crippen LogP contribution in [0.15, 0.2) is 0 Å².